The number of hydrogen-bond donors (Lipinski definition) is 1. The lowest BCUT2D eigenvalue weighted by Gasteiger charge is -2.18. The number of nitrogens with zero attached hydrogens (tertiary/aromatic N) is 2. The van der Waals surface area contributed by atoms with Gasteiger partial charge in [-0.05, 0) is 19.3 Å². The molecule has 144 valence electrons. The quantitative estimate of drug-likeness (QED) is 0.332. The zero-order valence-electron chi connectivity index (χ0n) is 16.2. The number of carboxylic acids is 1. The van der Waals surface area contributed by atoms with Crippen LogP contribution in [0.3, 0.4) is 0 Å². The van der Waals surface area contributed by atoms with Gasteiger partial charge in [0.15, 0.2) is 0 Å². The highest BCUT2D eigenvalue weighted by molar-refractivity contribution is 5.66. The second kappa shape index (κ2) is 15.0. The molecule has 1 atom stereocenters. The maximum atomic E-state index is 10.5. The predicted octanol–water partition coefficient (Wildman–Crippen LogP) is 6.38. The topological polar surface area (TPSA) is 55.1 Å². The third kappa shape index (κ3) is 11.8. The highest BCUT2D eigenvalue weighted by atomic mass is 16.4. The van der Waals surface area contributed by atoms with Crippen LogP contribution in [0.2, 0.25) is 0 Å². The van der Waals surface area contributed by atoms with E-state index in [1.807, 2.05) is 12.5 Å². The van der Waals surface area contributed by atoms with Gasteiger partial charge in [-0.25, -0.2) is 4.98 Å². The van der Waals surface area contributed by atoms with Crippen molar-refractivity contribution in [1.82, 2.24) is 9.55 Å². The average molecular weight is 351 g/mol. The summed E-state index contributed by atoms with van der Waals surface area (Å²) >= 11 is 0. The van der Waals surface area contributed by atoms with Crippen LogP contribution < -0.4 is 0 Å². The number of carbonyl (C=O) groups is 1. The van der Waals surface area contributed by atoms with E-state index in [9.17, 15) is 4.79 Å². The van der Waals surface area contributed by atoms with E-state index in [1.165, 1.54) is 70.6 Å². The second-order valence-electron chi connectivity index (χ2n) is 7.27. The summed E-state index contributed by atoms with van der Waals surface area (Å²) in [7, 11) is 0. The fourth-order valence-electron chi connectivity index (χ4n) is 3.45. The molecule has 0 aliphatic heterocycles. The first-order valence-corrected chi connectivity index (χ1v) is 10.4. The Labute approximate surface area is 154 Å². The predicted molar refractivity (Wildman–Crippen MR) is 104 cm³/mol. The summed E-state index contributed by atoms with van der Waals surface area (Å²) in [5, 5.41) is 8.67. The van der Waals surface area contributed by atoms with E-state index in [4.69, 9.17) is 5.11 Å². The van der Waals surface area contributed by atoms with Gasteiger partial charge in [0.1, 0.15) is 0 Å². The van der Waals surface area contributed by atoms with Crippen LogP contribution in [0.15, 0.2) is 18.7 Å². The van der Waals surface area contributed by atoms with Crippen molar-refractivity contribution in [1.29, 1.82) is 0 Å². The van der Waals surface area contributed by atoms with E-state index < -0.39 is 5.97 Å². The molecule has 1 rings (SSSR count). The van der Waals surface area contributed by atoms with Crippen LogP contribution in [0.25, 0.3) is 0 Å². The van der Waals surface area contributed by atoms with Crippen molar-refractivity contribution in [3.05, 3.63) is 18.7 Å². The lowest BCUT2D eigenvalue weighted by atomic mass is 10.00. The van der Waals surface area contributed by atoms with Gasteiger partial charge < -0.3 is 9.67 Å². The minimum absolute atomic E-state index is 0.309. The van der Waals surface area contributed by atoms with E-state index in [0.29, 0.717) is 12.5 Å². The van der Waals surface area contributed by atoms with Crippen LogP contribution in [-0.2, 0) is 4.79 Å². The summed E-state index contributed by atoms with van der Waals surface area (Å²) in [5.74, 6) is -0.675. The normalized spacial score (nSPS) is 12.4. The van der Waals surface area contributed by atoms with Crippen molar-refractivity contribution in [2.24, 2.45) is 0 Å². The number of rotatable bonds is 17. The van der Waals surface area contributed by atoms with Gasteiger partial charge in [0.05, 0.1) is 6.33 Å². The summed E-state index contributed by atoms with van der Waals surface area (Å²) in [6, 6.07) is 0.557. The molecule has 0 aliphatic carbocycles. The Morgan fingerprint density at radius 1 is 0.920 bits per heavy atom. The molecule has 1 aromatic rings. The third-order valence-corrected chi connectivity index (χ3v) is 5.02. The molecule has 0 fully saturated rings. The van der Waals surface area contributed by atoms with Crippen LogP contribution in [0, 0.1) is 0 Å². The molecular weight excluding hydrogens is 312 g/mol. The molecule has 4 heteroatoms. The molecule has 0 saturated heterocycles. The Morgan fingerprint density at radius 2 is 1.48 bits per heavy atom. The fourth-order valence-corrected chi connectivity index (χ4v) is 3.45. The summed E-state index contributed by atoms with van der Waals surface area (Å²) in [6.45, 7) is 2.27. The van der Waals surface area contributed by atoms with Gasteiger partial charge in [0.2, 0.25) is 0 Å². The fraction of sp³-hybridized carbons (Fsp3) is 0.810. The molecule has 0 aromatic carbocycles. The molecule has 25 heavy (non-hydrogen) atoms. The standard InChI is InChI=1S/C21H38N2O2/c1-2-3-4-5-6-7-8-11-14-20(23-18-17-22-19-23)15-12-9-10-13-16-21(24)25/h17-20H,2-16H2,1H3,(H,24,25). The lowest BCUT2D eigenvalue weighted by Crippen LogP contribution is -2.07. The van der Waals surface area contributed by atoms with Crippen molar-refractivity contribution in [3.8, 4) is 0 Å². The van der Waals surface area contributed by atoms with Crippen molar-refractivity contribution < 1.29 is 9.90 Å². The Hall–Kier alpha value is -1.32. The summed E-state index contributed by atoms with van der Waals surface area (Å²) in [6.07, 6.45) is 23.7. The monoisotopic (exact) mass is 350 g/mol. The maximum absolute atomic E-state index is 10.5. The molecule has 0 bridgehead atoms. The van der Waals surface area contributed by atoms with E-state index in [-0.39, 0.29) is 0 Å². The van der Waals surface area contributed by atoms with Gasteiger partial charge in [0, 0.05) is 24.9 Å². The molecule has 0 spiro atoms. The number of carboxylic acid groups (broad SMARTS) is 1. The first-order chi connectivity index (χ1) is 12.2. The molecule has 1 N–H and O–H groups in total. The zero-order chi connectivity index (χ0) is 18.2. The third-order valence-electron chi connectivity index (χ3n) is 5.02. The van der Waals surface area contributed by atoms with Gasteiger partial charge in [-0.2, -0.15) is 0 Å². The number of imidazole rings is 1. The first kappa shape index (κ1) is 21.7. The molecule has 1 aromatic heterocycles. The summed E-state index contributed by atoms with van der Waals surface area (Å²) in [5.41, 5.74) is 0. The lowest BCUT2D eigenvalue weighted by molar-refractivity contribution is -0.137. The first-order valence-electron chi connectivity index (χ1n) is 10.4. The molecular formula is C21H38N2O2. The molecule has 1 unspecified atom stereocenters. The minimum atomic E-state index is -0.675. The number of unbranched alkanes of at least 4 members (excludes halogenated alkanes) is 10. The SMILES string of the molecule is CCCCCCCCCCC(CCCCCCC(=O)O)n1ccnc1. The van der Waals surface area contributed by atoms with Gasteiger partial charge >= 0.3 is 5.97 Å². The van der Waals surface area contributed by atoms with Crippen LogP contribution in [0.4, 0.5) is 0 Å². The summed E-state index contributed by atoms with van der Waals surface area (Å²) < 4.78 is 2.26. The van der Waals surface area contributed by atoms with E-state index in [1.54, 1.807) is 0 Å². The second-order valence-corrected chi connectivity index (χ2v) is 7.27. The Balaban J connectivity index is 2.13. The van der Waals surface area contributed by atoms with E-state index in [2.05, 4.69) is 22.7 Å². The Morgan fingerprint density at radius 3 is 2.00 bits per heavy atom. The molecule has 0 aliphatic rings. The van der Waals surface area contributed by atoms with Crippen molar-refractivity contribution in [2.45, 2.75) is 109 Å². The van der Waals surface area contributed by atoms with Crippen LogP contribution in [0.1, 0.15) is 109 Å². The maximum Gasteiger partial charge on any atom is 0.303 e. The smallest absolute Gasteiger partial charge is 0.303 e. The van der Waals surface area contributed by atoms with Crippen molar-refractivity contribution in [2.75, 3.05) is 0 Å². The highest BCUT2D eigenvalue weighted by Gasteiger charge is 2.10. The van der Waals surface area contributed by atoms with Crippen LogP contribution in [-0.4, -0.2) is 20.6 Å². The van der Waals surface area contributed by atoms with E-state index >= 15 is 0 Å². The molecule has 4 nitrogen and oxygen atoms in total. The van der Waals surface area contributed by atoms with Crippen molar-refractivity contribution in [3.63, 3.8) is 0 Å². The Kier molecular flexibility index (Phi) is 13.0. The Bertz CT molecular complexity index is 418. The van der Waals surface area contributed by atoms with Gasteiger partial charge in [0.25, 0.3) is 0 Å². The van der Waals surface area contributed by atoms with Crippen LogP contribution in [0.5, 0.6) is 0 Å². The molecule has 0 amide bonds. The number of hydrogen-bond acceptors (Lipinski definition) is 2. The highest BCUT2D eigenvalue weighted by Crippen LogP contribution is 2.23. The summed E-state index contributed by atoms with van der Waals surface area (Å²) in [4.78, 5) is 14.7. The zero-order valence-corrected chi connectivity index (χ0v) is 16.2. The molecule has 0 saturated carbocycles. The van der Waals surface area contributed by atoms with Gasteiger partial charge in [-0.1, -0.05) is 77.6 Å². The number of aromatic nitrogens is 2. The minimum Gasteiger partial charge on any atom is -0.481 e. The van der Waals surface area contributed by atoms with Crippen molar-refractivity contribution >= 4 is 5.97 Å². The van der Waals surface area contributed by atoms with Gasteiger partial charge in [-0.3, -0.25) is 4.79 Å². The number of aliphatic carboxylic acids is 1. The van der Waals surface area contributed by atoms with Gasteiger partial charge in [-0.15, -0.1) is 0 Å². The largest absolute Gasteiger partial charge is 0.481 e. The van der Waals surface area contributed by atoms with Crippen LogP contribution >= 0.6 is 0 Å². The molecule has 0 radical (unpaired) electrons. The van der Waals surface area contributed by atoms with E-state index in [0.717, 1.165) is 19.3 Å². The molecule has 1 heterocycles. The average Bonchev–Trinajstić information content (AvgIpc) is 3.12.